The quantitative estimate of drug-likeness (QED) is 0.676. The Morgan fingerprint density at radius 1 is 1.24 bits per heavy atom. The number of hydrogen-bond donors (Lipinski definition) is 2. The Bertz CT molecular complexity index is 374. The highest BCUT2D eigenvalue weighted by atomic mass is 32.2. The van der Waals surface area contributed by atoms with Crippen molar-refractivity contribution in [2.75, 3.05) is 11.5 Å². The van der Waals surface area contributed by atoms with E-state index in [0.717, 1.165) is 0 Å². The van der Waals surface area contributed by atoms with Gasteiger partial charge in [0.15, 0.2) is 9.84 Å². The number of nitrogens with one attached hydrogen (secondary N) is 1. The number of carboxylic acids is 1. The van der Waals surface area contributed by atoms with Crippen LogP contribution in [-0.2, 0) is 19.4 Å². The van der Waals surface area contributed by atoms with E-state index in [1.54, 1.807) is 13.8 Å². The van der Waals surface area contributed by atoms with Gasteiger partial charge in [0.25, 0.3) is 0 Å². The zero-order valence-electron chi connectivity index (χ0n) is 10.3. The maximum absolute atomic E-state index is 11.5. The van der Waals surface area contributed by atoms with Gasteiger partial charge in [-0.2, -0.15) is 0 Å². The summed E-state index contributed by atoms with van der Waals surface area (Å²) in [7, 11) is -3.50. The first-order valence-corrected chi connectivity index (χ1v) is 7.19. The lowest BCUT2D eigenvalue weighted by molar-refractivity contribution is -0.140. The summed E-state index contributed by atoms with van der Waals surface area (Å²) in [5, 5.41) is 11.2. The fraction of sp³-hybridized carbons (Fsp3) is 0.800. The number of carbonyl (C=O) groups excluding carboxylic acids is 1. The standard InChI is InChI=1S/C10H19NO5S/c1-7(2)11-9(12)4-5-17(15,16)6-8(3)10(13)14/h7-8H,4-6H2,1-3H3,(H,11,12)(H,13,14). The number of carboxylic acid groups (broad SMARTS) is 1. The molecule has 0 radical (unpaired) electrons. The molecule has 1 amide bonds. The van der Waals surface area contributed by atoms with Gasteiger partial charge < -0.3 is 10.4 Å². The summed E-state index contributed by atoms with van der Waals surface area (Å²) >= 11 is 0. The normalized spacial score (nSPS) is 13.4. The molecular formula is C10H19NO5S. The topological polar surface area (TPSA) is 101 Å². The van der Waals surface area contributed by atoms with Gasteiger partial charge in [0.2, 0.25) is 5.91 Å². The Morgan fingerprint density at radius 3 is 2.18 bits per heavy atom. The van der Waals surface area contributed by atoms with Crippen molar-refractivity contribution in [3.05, 3.63) is 0 Å². The predicted octanol–water partition coefficient (Wildman–Crippen LogP) is 0.0366. The molecule has 0 fully saturated rings. The summed E-state index contributed by atoms with van der Waals surface area (Å²) < 4.78 is 23.0. The molecule has 2 N–H and O–H groups in total. The van der Waals surface area contributed by atoms with Gasteiger partial charge in [0, 0.05) is 12.5 Å². The van der Waals surface area contributed by atoms with Gasteiger partial charge in [0.05, 0.1) is 17.4 Å². The lowest BCUT2D eigenvalue weighted by Crippen LogP contribution is -2.32. The molecule has 0 aliphatic rings. The predicted molar refractivity (Wildman–Crippen MR) is 63.3 cm³/mol. The van der Waals surface area contributed by atoms with Crippen LogP contribution in [0, 0.1) is 5.92 Å². The second kappa shape index (κ2) is 6.58. The molecule has 100 valence electrons. The molecule has 0 spiro atoms. The monoisotopic (exact) mass is 265 g/mol. The van der Waals surface area contributed by atoms with Crippen LogP contribution in [0.25, 0.3) is 0 Å². The molecule has 17 heavy (non-hydrogen) atoms. The third-order valence-electron chi connectivity index (χ3n) is 2.02. The van der Waals surface area contributed by atoms with Crippen molar-refractivity contribution >= 4 is 21.7 Å². The molecule has 0 saturated heterocycles. The van der Waals surface area contributed by atoms with Crippen LogP contribution >= 0.6 is 0 Å². The van der Waals surface area contributed by atoms with Crippen molar-refractivity contribution in [3.8, 4) is 0 Å². The van der Waals surface area contributed by atoms with E-state index in [-0.39, 0.29) is 24.1 Å². The molecule has 6 nitrogen and oxygen atoms in total. The van der Waals surface area contributed by atoms with E-state index in [4.69, 9.17) is 5.11 Å². The summed E-state index contributed by atoms with van der Waals surface area (Å²) in [5.41, 5.74) is 0. The van der Waals surface area contributed by atoms with Gasteiger partial charge in [-0.05, 0) is 13.8 Å². The van der Waals surface area contributed by atoms with E-state index < -0.39 is 27.5 Å². The van der Waals surface area contributed by atoms with E-state index in [1.807, 2.05) is 0 Å². The molecule has 0 aromatic rings. The molecule has 1 unspecified atom stereocenters. The number of carbonyl (C=O) groups is 2. The van der Waals surface area contributed by atoms with Crippen LogP contribution in [0.3, 0.4) is 0 Å². The average molecular weight is 265 g/mol. The molecule has 0 bridgehead atoms. The third-order valence-corrected chi connectivity index (χ3v) is 3.85. The SMILES string of the molecule is CC(C)NC(=O)CCS(=O)(=O)CC(C)C(=O)O. The lowest BCUT2D eigenvalue weighted by Gasteiger charge is -2.09. The Morgan fingerprint density at radius 2 is 1.76 bits per heavy atom. The fourth-order valence-electron chi connectivity index (χ4n) is 1.18. The Kier molecular flexibility index (Phi) is 6.15. The minimum absolute atomic E-state index is 0.0388. The number of amides is 1. The maximum atomic E-state index is 11.5. The van der Waals surface area contributed by atoms with Crippen molar-refractivity contribution < 1.29 is 23.1 Å². The smallest absolute Gasteiger partial charge is 0.307 e. The van der Waals surface area contributed by atoms with Crippen LogP contribution in [0.4, 0.5) is 0 Å². The van der Waals surface area contributed by atoms with Crippen LogP contribution in [0.1, 0.15) is 27.2 Å². The minimum Gasteiger partial charge on any atom is -0.481 e. The molecule has 0 aliphatic heterocycles. The van der Waals surface area contributed by atoms with E-state index in [2.05, 4.69) is 5.32 Å². The molecule has 0 aromatic carbocycles. The molecule has 7 heteroatoms. The van der Waals surface area contributed by atoms with Crippen molar-refractivity contribution in [1.29, 1.82) is 0 Å². The largest absolute Gasteiger partial charge is 0.481 e. The van der Waals surface area contributed by atoms with Crippen molar-refractivity contribution in [1.82, 2.24) is 5.32 Å². The van der Waals surface area contributed by atoms with Gasteiger partial charge >= 0.3 is 5.97 Å². The molecule has 1 atom stereocenters. The second-order valence-corrected chi connectivity index (χ2v) is 6.55. The lowest BCUT2D eigenvalue weighted by atomic mass is 10.2. The molecular weight excluding hydrogens is 246 g/mol. The van der Waals surface area contributed by atoms with E-state index in [9.17, 15) is 18.0 Å². The van der Waals surface area contributed by atoms with Crippen molar-refractivity contribution in [3.63, 3.8) is 0 Å². The van der Waals surface area contributed by atoms with E-state index in [0.29, 0.717) is 0 Å². The molecule has 0 rings (SSSR count). The fourth-order valence-corrected chi connectivity index (χ4v) is 2.75. The highest BCUT2D eigenvalue weighted by Gasteiger charge is 2.21. The molecule has 0 aliphatic carbocycles. The Labute approximate surface area is 101 Å². The Balaban J connectivity index is 4.19. The number of sulfone groups is 1. The van der Waals surface area contributed by atoms with Gasteiger partial charge in [-0.1, -0.05) is 6.92 Å². The maximum Gasteiger partial charge on any atom is 0.307 e. The van der Waals surface area contributed by atoms with Crippen molar-refractivity contribution in [2.45, 2.75) is 33.2 Å². The Hall–Kier alpha value is -1.11. The number of aliphatic carboxylic acids is 1. The zero-order valence-corrected chi connectivity index (χ0v) is 11.1. The van der Waals surface area contributed by atoms with Crippen LogP contribution in [-0.4, -0.2) is 42.9 Å². The summed E-state index contributed by atoms with van der Waals surface area (Å²) in [4.78, 5) is 21.7. The molecule has 0 heterocycles. The second-order valence-electron chi connectivity index (χ2n) is 4.33. The first-order valence-electron chi connectivity index (χ1n) is 5.36. The third kappa shape index (κ3) is 7.73. The van der Waals surface area contributed by atoms with Gasteiger partial charge in [-0.3, -0.25) is 9.59 Å². The van der Waals surface area contributed by atoms with Crippen LogP contribution in [0.15, 0.2) is 0 Å². The van der Waals surface area contributed by atoms with E-state index >= 15 is 0 Å². The summed E-state index contributed by atoms with van der Waals surface area (Å²) in [5.74, 6) is -3.19. The molecule has 0 saturated carbocycles. The van der Waals surface area contributed by atoms with Crippen LogP contribution < -0.4 is 5.32 Å². The van der Waals surface area contributed by atoms with Gasteiger partial charge in [-0.15, -0.1) is 0 Å². The van der Waals surface area contributed by atoms with Gasteiger partial charge in [-0.25, -0.2) is 8.42 Å². The first-order chi connectivity index (χ1) is 7.64. The summed E-state index contributed by atoms with van der Waals surface area (Å²) in [6.45, 7) is 4.88. The highest BCUT2D eigenvalue weighted by Crippen LogP contribution is 2.04. The minimum atomic E-state index is -3.50. The van der Waals surface area contributed by atoms with Crippen LogP contribution in [0.5, 0.6) is 0 Å². The van der Waals surface area contributed by atoms with Gasteiger partial charge in [0.1, 0.15) is 0 Å². The number of rotatable bonds is 7. The first kappa shape index (κ1) is 15.9. The average Bonchev–Trinajstić information content (AvgIpc) is 2.13. The molecule has 0 aromatic heterocycles. The highest BCUT2D eigenvalue weighted by molar-refractivity contribution is 7.91. The number of hydrogen-bond acceptors (Lipinski definition) is 4. The van der Waals surface area contributed by atoms with E-state index in [1.165, 1.54) is 6.92 Å². The zero-order chi connectivity index (χ0) is 13.6. The van der Waals surface area contributed by atoms with Crippen LogP contribution in [0.2, 0.25) is 0 Å². The summed E-state index contributed by atoms with van der Waals surface area (Å²) in [6.07, 6.45) is -0.132. The van der Waals surface area contributed by atoms with Crippen molar-refractivity contribution in [2.24, 2.45) is 5.92 Å². The summed E-state index contributed by atoms with van der Waals surface area (Å²) in [6, 6.07) is -0.0388.